The van der Waals surface area contributed by atoms with Crippen LogP contribution < -0.4 is 5.43 Å². The minimum Gasteiger partial charge on any atom is -0.508 e. The molecule has 28 heavy (non-hydrogen) atoms. The van der Waals surface area contributed by atoms with Crippen LogP contribution in [-0.2, 0) is 0 Å². The molecule has 0 bridgehead atoms. The molecular weight excluding hydrogens is 372 g/mol. The van der Waals surface area contributed by atoms with E-state index in [1.54, 1.807) is 24.3 Å². The molecule has 7 heteroatoms. The van der Waals surface area contributed by atoms with Crippen molar-refractivity contribution in [2.75, 3.05) is 5.43 Å². The van der Waals surface area contributed by atoms with Gasteiger partial charge >= 0.3 is 0 Å². The number of phenols is 2. The first-order chi connectivity index (χ1) is 13.5. The molecule has 0 amide bonds. The Balaban J connectivity index is 1.71. The molecule has 4 rings (SSSR count). The van der Waals surface area contributed by atoms with Gasteiger partial charge in [-0.3, -0.25) is 5.43 Å². The molecule has 0 aliphatic rings. The van der Waals surface area contributed by atoms with E-state index in [1.807, 2.05) is 25.1 Å². The van der Waals surface area contributed by atoms with Gasteiger partial charge in [-0.15, -0.1) is 11.3 Å². The van der Waals surface area contributed by atoms with Crippen LogP contribution in [0.4, 0.5) is 5.82 Å². The van der Waals surface area contributed by atoms with Gasteiger partial charge in [0.1, 0.15) is 22.2 Å². The van der Waals surface area contributed by atoms with Crippen LogP contribution in [0.3, 0.4) is 0 Å². The molecule has 0 atom stereocenters. The molecule has 0 radical (unpaired) electrons. The smallest absolute Gasteiger partial charge is 0.158 e. The number of rotatable bonds is 4. The third kappa shape index (κ3) is 3.52. The van der Waals surface area contributed by atoms with Crippen LogP contribution in [-0.4, -0.2) is 25.9 Å². The molecule has 0 aliphatic heterocycles. The molecule has 140 valence electrons. The Morgan fingerprint density at radius 2 is 1.82 bits per heavy atom. The molecule has 6 nitrogen and oxygen atoms in total. The Morgan fingerprint density at radius 3 is 2.57 bits per heavy atom. The average Bonchev–Trinajstić information content (AvgIpc) is 3.10. The fourth-order valence-electron chi connectivity index (χ4n) is 2.88. The highest BCUT2D eigenvalue weighted by molar-refractivity contribution is 7.21. The van der Waals surface area contributed by atoms with Crippen LogP contribution in [0.25, 0.3) is 20.7 Å². The number of nitrogens with one attached hydrogen (secondary N) is 1. The Labute approximate surface area is 165 Å². The van der Waals surface area contributed by atoms with Crippen LogP contribution in [0.2, 0.25) is 0 Å². The Morgan fingerprint density at radius 1 is 1.04 bits per heavy atom. The Bertz CT molecular complexity index is 1190. The van der Waals surface area contributed by atoms with E-state index in [0.717, 1.165) is 20.7 Å². The van der Waals surface area contributed by atoms with Crippen molar-refractivity contribution in [3.8, 4) is 21.9 Å². The van der Waals surface area contributed by atoms with E-state index < -0.39 is 0 Å². The number of anilines is 1. The quantitative estimate of drug-likeness (QED) is 0.340. The maximum absolute atomic E-state index is 10.0. The van der Waals surface area contributed by atoms with E-state index in [9.17, 15) is 10.2 Å². The van der Waals surface area contributed by atoms with Crippen LogP contribution in [0.15, 0.2) is 59.7 Å². The van der Waals surface area contributed by atoms with Gasteiger partial charge in [0, 0.05) is 16.5 Å². The number of hydrogen-bond donors (Lipinski definition) is 3. The largest absolute Gasteiger partial charge is 0.508 e. The third-order valence-corrected chi connectivity index (χ3v) is 5.34. The second-order valence-electron chi connectivity index (χ2n) is 6.33. The van der Waals surface area contributed by atoms with Gasteiger partial charge in [0.05, 0.1) is 11.1 Å². The standard InChI is InChI=1S/C21H18N4O2S/c1-12(16-9-8-15(26)10-18(16)27)24-25-20-17-11-19(14-6-4-3-5-7-14)28-21(17)23-13(2)22-20/h3-11,26-27H,1-2H3,(H,22,23,25)/b24-12+. The molecule has 2 heterocycles. The van der Waals surface area contributed by atoms with Gasteiger partial charge in [-0.25, -0.2) is 9.97 Å². The number of nitrogens with zero attached hydrogens (tertiary/aromatic N) is 3. The molecule has 4 aromatic rings. The number of phenolic OH excluding ortho intramolecular Hbond substituents is 2. The number of aromatic nitrogens is 2. The summed E-state index contributed by atoms with van der Waals surface area (Å²) in [5.74, 6) is 1.23. The first-order valence-electron chi connectivity index (χ1n) is 8.67. The van der Waals surface area contributed by atoms with Gasteiger partial charge in [-0.2, -0.15) is 5.10 Å². The number of thiophene rings is 1. The van der Waals surface area contributed by atoms with Crippen molar-refractivity contribution < 1.29 is 10.2 Å². The molecule has 0 saturated heterocycles. The number of aromatic hydroxyl groups is 2. The van der Waals surface area contributed by atoms with E-state index in [1.165, 1.54) is 12.1 Å². The van der Waals surface area contributed by atoms with Crippen LogP contribution in [0.5, 0.6) is 11.5 Å². The predicted octanol–water partition coefficient (Wildman–Crippen LogP) is 4.91. The summed E-state index contributed by atoms with van der Waals surface area (Å²) in [7, 11) is 0. The fourth-order valence-corrected chi connectivity index (χ4v) is 3.96. The summed E-state index contributed by atoms with van der Waals surface area (Å²) in [4.78, 5) is 11.0. The summed E-state index contributed by atoms with van der Waals surface area (Å²) in [6, 6.07) is 16.6. The SMILES string of the molecule is C/C(=N\Nc1nc(C)nc2sc(-c3ccccc3)cc12)c1ccc(O)cc1O. The predicted molar refractivity (Wildman–Crippen MR) is 113 cm³/mol. The zero-order valence-corrected chi connectivity index (χ0v) is 16.2. The van der Waals surface area contributed by atoms with Crippen molar-refractivity contribution >= 4 is 33.1 Å². The number of benzene rings is 2. The van der Waals surface area contributed by atoms with Gasteiger partial charge in [0.2, 0.25) is 0 Å². The zero-order chi connectivity index (χ0) is 19.7. The molecule has 0 saturated carbocycles. The third-order valence-electron chi connectivity index (χ3n) is 4.26. The molecule has 0 aliphatic carbocycles. The first kappa shape index (κ1) is 17.9. The summed E-state index contributed by atoms with van der Waals surface area (Å²) in [6.07, 6.45) is 0. The van der Waals surface area contributed by atoms with E-state index in [0.29, 0.717) is 22.9 Å². The molecule has 3 N–H and O–H groups in total. The van der Waals surface area contributed by atoms with Crippen molar-refractivity contribution in [3.63, 3.8) is 0 Å². The number of hydrazone groups is 1. The lowest BCUT2D eigenvalue weighted by Crippen LogP contribution is -2.02. The Hall–Kier alpha value is -3.45. The molecule has 2 aromatic carbocycles. The van der Waals surface area contributed by atoms with Crippen LogP contribution in [0.1, 0.15) is 18.3 Å². The van der Waals surface area contributed by atoms with Gasteiger partial charge < -0.3 is 10.2 Å². The lowest BCUT2D eigenvalue weighted by molar-refractivity contribution is 0.450. The van der Waals surface area contributed by atoms with Crippen molar-refractivity contribution in [2.24, 2.45) is 5.10 Å². The van der Waals surface area contributed by atoms with E-state index in [-0.39, 0.29) is 11.5 Å². The van der Waals surface area contributed by atoms with Crippen molar-refractivity contribution in [3.05, 3.63) is 66.0 Å². The molecule has 0 unspecified atom stereocenters. The van der Waals surface area contributed by atoms with Gasteiger partial charge in [-0.05, 0) is 37.6 Å². The van der Waals surface area contributed by atoms with Crippen molar-refractivity contribution in [1.82, 2.24) is 9.97 Å². The minimum absolute atomic E-state index is 0.00172. The lowest BCUT2D eigenvalue weighted by atomic mass is 10.1. The highest BCUT2D eigenvalue weighted by Gasteiger charge is 2.12. The van der Waals surface area contributed by atoms with Gasteiger partial charge in [0.15, 0.2) is 5.82 Å². The van der Waals surface area contributed by atoms with E-state index >= 15 is 0 Å². The lowest BCUT2D eigenvalue weighted by Gasteiger charge is -2.07. The monoisotopic (exact) mass is 390 g/mol. The summed E-state index contributed by atoms with van der Waals surface area (Å²) in [5.41, 5.74) is 5.23. The van der Waals surface area contributed by atoms with Crippen LogP contribution >= 0.6 is 11.3 Å². The molecular formula is C21H18N4O2S. The van der Waals surface area contributed by atoms with Gasteiger partial charge in [-0.1, -0.05) is 30.3 Å². The van der Waals surface area contributed by atoms with E-state index in [2.05, 4.69) is 38.7 Å². The number of fused-ring (bicyclic) bond motifs is 1. The number of aryl methyl sites for hydroxylation is 1. The summed E-state index contributed by atoms with van der Waals surface area (Å²) in [6.45, 7) is 3.61. The van der Waals surface area contributed by atoms with Crippen molar-refractivity contribution in [2.45, 2.75) is 13.8 Å². The topological polar surface area (TPSA) is 90.6 Å². The second kappa shape index (κ2) is 7.28. The molecule has 0 fully saturated rings. The summed E-state index contributed by atoms with van der Waals surface area (Å²) in [5, 5.41) is 24.7. The normalized spacial score (nSPS) is 11.7. The Kier molecular flexibility index (Phi) is 4.67. The highest BCUT2D eigenvalue weighted by atomic mass is 32.1. The summed E-state index contributed by atoms with van der Waals surface area (Å²) >= 11 is 1.61. The highest BCUT2D eigenvalue weighted by Crippen LogP contribution is 2.35. The molecule has 0 spiro atoms. The van der Waals surface area contributed by atoms with E-state index in [4.69, 9.17) is 0 Å². The maximum atomic E-state index is 10.0. The average molecular weight is 390 g/mol. The first-order valence-corrected chi connectivity index (χ1v) is 9.49. The minimum atomic E-state index is -0.0334. The maximum Gasteiger partial charge on any atom is 0.158 e. The number of hydrogen-bond acceptors (Lipinski definition) is 7. The van der Waals surface area contributed by atoms with Gasteiger partial charge in [0.25, 0.3) is 0 Å². The fraction of sp³-hybridized carbons (Fsp3) is 0.0952. The van der Waals surface area contributed by atoms with Crippen LogP contribution in [0, 0.1) is 6.92 Å². The van der Waals surface area contributed by atoms with Crippen molar-refractivity contribution in [1.29, 1.82) is 0 Å². The molecule has 2 aromatic heterocycles. The summed E-state index contributed by atoms with van der Waals surface area (Å²) < 4.78 is 0. The second-order valence-corrected chi connectivity index (χ2v) is 7.36. The zero-order valence-electron chi connectivity index (χ0n) is 15.3.